The number of aliphatic imine (C=N–C) groups is 1. The van der Waals surface area contributed by atoms with Crippen molar-refractivity contribution in [1.82, 2.24) is 9.80 Å². The molecule has 0 spiro atoms. The molecule has 1 aromatic rings. The maximum absolute atomic E-state index is 13.6. The molecule has 0 heterocycles. The highest BCUT2D eigenvalue weighted by Crippen LogP contribution is 2.20. The van der Waals surface area contributed by atoms with Crippen molar-refractivity contribution in [3.63, 3.8) is 0 Å². The van der Waals surface area contributed by atoms with Crippen LogP contribution in [-0.4, -0.2) is 44.0 Å². The first-order valence-electron chi connectivity index (χ1n) is 5.35. The van der Waals surface area contributed by atoms with Gasteiger partial charge in [-0.15, -0.1) is 0 Å². The molecule has 0 aliphatic carbocycles. The van der Waals surface area contributed by atoms with Crippen LogP contribution in [-0.2, 0) is 6.54 Å². The monoisotopic (exact) mass is 319 g/mol. The van der Waals surface area contributed by atoms with Crippen LogP contribution in [0.3, 0.4) is 0 Å². The van der Waals surface area contributed by atoms with Crippen molar-refractivity contribution in [3.8, 4) is 0 Å². The summed E-state index contributed by atoms with van der Waals surface area (Å²) in [4.78, 5) is 7.79. The molecule has 0 saturated carbocycles. The van der Waals surface area contributed by atoms with Gasteiger partial charge in [0.25, 0.3) is 0 Å². The molecule has 1 aromatic carbocycles. The van der Waals surface area contributed by atoms with E-state index in [2.05, 4.69) is 20.9 Å². The number of rotatable bonds is 2. The van der Waals surface area contributed by atoms with Crippen molar-refractivity contribution < 1.29 is 8.78 Å². The lowest BCUT2D eigenvalue weighted by Gasteiger charge is -2.22. The second-order valence-corrected chi connectivity index (χ2v) is 5.17. The van der Waals surface area contributed by atoms with Crippen LogP contribution in [0.4, 0.5) is 8.78 Å². The van der Waals surface area contributed by atoms with Crippen LogP contribution in [0, 0.1) is 11.6 Å². The van der Waals surface area contributed by atoms with Crippen molar-refractivity contribution in [3.05, 3.63) is 33.8 Å². The fourth-order valence-electron chi connectivity index (χ4n) is 1.56. The molecule has 0 N–H and O–H groups in total. The predicted molar refractivity (Wildman–Crippen MR) is 72.6 cm³/mol. The van der Waals surface area contributed by atoms with Crippen LogP contribution in [0.25, 0.3) is 0 Å². The molecule has 0 amide bonds. The maximum atomic E-state index is 13.6. The van der Waals surface area contributed by atoms with Crippen LogP contribution in [0.2, 0.25) is 0 Å². The largest absolute Gasteiger partial charge is 0.349 e. The van der Waals surface area contributed by atoms with E-state index in [1.54, 1.807) is 9.80 Å². The zero-order valence-corrected chi connectivity index (χ0v) is 12.4. The highest BCUT2D eigenvalue weighted by molar-refractivity contribution is 9.10. The Morgan fingerprint density at radius 1 is 1.11 bits per heavy atom. The lowest BCUT2D eigenvalue weighted by atomic mass is 10.2. The van der Waals surface area contributed by atoms with Crippen molar-refractivity contribution >= 4 is 21.9 Å². The molecule has 100 valence electrons. The van der Waals surface area contributed by atoms with E-state index in [0.29, 0.717) is 10.4 Å². The SMILES string of the molecule is CN(C)C(=NCc1c(F)cc(Br)cc1F)N(C)C. The maximum Gasteiger partial charge on any atom is 0.195 e. The van der Waals surface area contributed by atoms with Gasteiger partial charge in [-0.1, -0.05) is 15.9 Å². The predicted octanol–water partition coefficient (Wildman–Crippen LogP) is 2.71. The molecule has 0 aliphatic rings. The summed E-state index contributed by atoms with van der Waals surface area (Å²) in [5.41, 5.74) is -0.0283. The van der Waals surface area contributed by atoms with E-state index in [1.807, 2.05) is 28.2 Å². The summed E-state index contributed by atoms with van der Waals surface area (Å²) < 4.78 is 27.6. The number of nitrogens with zero attached hydrogens (tertiary/aromatic N) is 3. The number of benzene rings is 1. The van der Waals surface area contributed by atoms with Gasteiger partial charge in [0.15, 0.2) is 5.96 Å². The fraction of sp³-hybridized carbons (Fsp3) is 0.417. The third-order valence-corrected chi connectivity index (χ3v) is 2.74. The first-order chi connectivity index (χ1) is 8.32. The molecule has 3 nitrogen and oxygen atoms in total. The molecule has 18 heavy (non-hydrogen) atoms. The Bertz CT molecular complexity index is 426. The smallest absolute Gasteiger partial charge is 0.195 e. The molecule has 1 rings (SSSR count). The number of hydrogen-bond acceptors (Lipinski definition) is 1. The summed E-state index contributed by atoms with van der Waals surface area (Å²) >= 11 is 3.04. The van der Waals surface area contributed by atoms with E-state index < -0.39 is 11.6 Å². The average Bonchev–Trinajstić information content (AvgIpc) is 2.20. The Labute approximate surface area is 114 Å². The molecular formula is C12H16BrF2N3. The topological polar surface area (TPSA) is 18.8 Å². The van der Waals surface area contributed by atoms with Crippen molar-refractivity contribution in [2.45, 2.75) is 6.54 Å². The standard InChI is InChI=1S/C12H16BrF2N3/c1-17(2)12(18(3)4)16-7-9-10(14)5-8(13)6-11(9)15/h5-6H,7H2,1-4H3. The summed E-state index contributed by atoms with van der Waals surface area (Å²) in [5, 5.41) is 0. The minimum atomic E-state index is -0.595. The summed E-state index contributed by atoms with van der Waals surface area (Å²) in [6, 6.07) is 2.47. The fourth-order valence-corrected chi connectivity index (χ4v) is 1.96. The van der Waals surface area contributed by atoms with Gasteiger partial charge in [0.1, 0.15) is 11.6 Å². The van der Waals surface area contributed by atoms with E-state index in [4.69, 9.17) is 0 Å². The van der Waals surface area contributed by atoms with Gasteiger partial charge in [-0.25, -0.2) is 13.8 Å². The van der Waals surface area contributed by atoms with E-state index in [9.17, 15) is 8.78 Å². The molecule has 0 aliphatic heterocycles. The van der Waals surface area contributed by atoms with E-state index in [0.717, 1.165) is 0 Å². The first kappa shape index (κ1) is 14.9. The normalized spacial score (nSPS) is 10.2. The number of halogens is 3. The summed E-state index contributed by atoms with van der Waals surface area (Å²) in [7, 11) is 7.31. The average molecular weight is 320 g/mol. The molecule has 0 saturated heterocycles. The van der Waals surface area contributed by atoms with Gasteiger partial charge >= 0.3 is 0 Å². The molecule has 0 radical (unpaired) electrons. The van der Waals surface area contributed by atoms with E-state index in [1.165, 1.54) is 12.1 Å². The summed E-state index contributed by atoms with van der Waals surface area (Å²) in [6.45, 7) is -0.0311. The van der Waals surface area contributed by atoms with Gasteiger partial charge < -0.3 is 9.80 Å². The van der Waals surface area contributed by atoms with Gasteiger partial charge in [0.2, 0.25) is 0 Å². The Hall–Kier alpha value is -1.17. The first-order valence-corrected chi connectivity index (χ1v) is 6.14. The van der Waals surface area contributed by atoms with Gasteiger partial charge in [0, 0.05) is 38.2 Å². The van der Waals surface area contributed by atoms with Crippen LogP contribution in [0.1, 0.15) is 5.56 Å². The highest BCUT2D eigenvalue weighted by atomic mass is 79.9. The highest BCUT2D eigenvalue weighted by Gasteiger charge is 2.11. The summed E-state index contributed by atoms with van der Waals surface area (Å²) in [5.74, 6) is -0.540. The van der Waals surface area contributed by atoms with Gasteiger partial charge in [-0.3, -0.25) is 0 Å². The Kier molecular flexibility index (Phi) is 5.07. The number of hydrogen-bond donors (Lipinski definition) is 0. The quantitative estimate of drug-likeness (QED) is 0.616. The lowest BCUT2D eigenvalue weighted by Crippen LogP contribution is -2.35. The molecule has 0 aromatic heterocycles. The molecular weight excluding hydrogens is 304 g/mol. The van der Waals surface area contributed by atoms with Crippen LogP contribution < -0.4 is 0 Å². The molecule has 0 fully saturated rings. The zero-order valence-electron chi connectivity index (χ0n) is 10.8. The Morgan fingerprint density at radius 2 is 1.56 bits per heavy atom. The van der Waals surface area contributed by atoms with Crippen LogP contribution >= 0.6 is 15.9 Å². The third-order valence-electron chi connectivity index (χ3n) is 2.28. The van der Waals surface area contributed by atoms with Crippen LogP contribution in [0.15, 0.2) is 21.6 Å². The van der Waals surface area contributed by atoms with Crippen molar-refractivity contribution in [2.24, 2.45) is 4.99 Å². The summed E-state index contributed by atoms with van der Waals surface area (Å²) in [6.07, 6.45) is 0. The van der Waals surface area contributed by atoms with Gasteiger partial charge in [0.05, 0.1) is 6.54 Å². The number of guanidine groups is 1. The van der Waals surface area contributed by atoms with E-state index >= 15 is 0 Å². The van der Waals surface area contributed by atoms with Crippen LogP contribution in [0.5, 0.6) is 0 Å². The minimum Gasteiger partial charge on any atom is -0.349 e. The molecule has 0 unspecified atom stereocenters. The van der Waals surface area contributed by atoms with E-state index in [-0.39, 0.29) is 12.1 Å². The van der Waals surface area contributed by atoms with Gasteiger partial charge in [-0.05, 0) is 12.1 Å². The second kappa shape index (κ2) is 6.13. The van der Waals surface area contributed by atoms with Crippen molar-refractivity contribution in [2.75, 3.05) is 28.2 Å². The Balaban J connectivity index is 3.01. The van der Waals surface area contributed by atoms with Crippen molar-refractivity contribution in [1.29, 1.82) is 0 Å². The minimum absolute atomic E-state index is 0.0283. The third kappa shape index (κ3) is 3.66. The lowest BCUT2D eigenvalue weighted by molar-refractivity contribution is 0.477. The zero-order chi connectivity index (χ0) is 13.9. The second-order valence-electron chi connectivity index (χ2n) is 4.25. The molecule has 0 atom stereocenters. The molecule has 6 heteroatoms. The van der Waals surface area contributed by atoms with Gasteiger partial charge in [-0.2, -0.15) is 0 Å². The Morgan fingerprint density at radius 3 is 1.94 bits per heavy atom. The molecule has 0 bridgehead atoms.